The van der Waals surface area contributed by atoms with Gasteiger partial charge in [-0.15, -0.1) is 17.0 Å². The first-order valence-corrected chi connectivity index (χ1v) is 4.32. The molecule has 0 aliphatic heterocycles. The highest BCUT2D eigenvalue weighted by Crippen LogP contribution is 2.27. The fourth-order valence-electron chi connectivity index (χ4n) is 1.80. The van der Waals surface area contributed by atoms with Gasteiger partial charge in [0.05, 0.1) is 0 Å². The predicted octanol–water partition coefficient (Wildman–Crippen LogP) is 1.79. The van der Waals surface area contributed by atoms with Crippen molar-refractivity contribution in [1.82, 2.24) is 0 Å². The van der Waals surface area contributed by atoms with Crippen molar-refractivity contribution in [2.45, 2.75) is 25.3 Å². The van der Waals surface area contributed by atoms with E-state index in [9.17, 15) is 5.11 Å². The van der Waals surface area contributed by atoms with Crippen LogP contribution in [0.25, 0.3) is 0 Å². The zero-order valence-corrected chi connectivity index (χ0v) is 9.08. The van der Waals surface area contributed by atoms with Crippen LogP contribution in [0.1, 0.15) is 17.5 Å². The van der Waals surface area contributed by atoms with Crippen LogP contribution in [-0.2, 0) is 12.8 Å². The number of fused-ring (bicyclic) bond motifs is 1. The zero-order chi connectivity index (χ0) is 8.55. The van der Waals surface area contributed by atoms with Crippen molar-refractivity contribution in [3.8, 4) is 5.75 Å². The van der Waals surface area contributed by atoms with Crippen LogP contribution in [0.4, 0.5) is 0 Å². The van der Waals surface area contributed by atoms with Gasteiger partial charge in [0.1, 0.15) is 5.75 Å². The smallest absolute Gasteiger partial charge is 0.119 e. The van der Waals surface area contributed by atoms with Gasteiger partial charge in [-0.3, -0.25) is 0 Å². The minimum atomic E-state index is 0. The lowest BCUT2D eigenvalue weighted by Crippen LogP contribution is -2.27. The summed E-state index contributed by atoms with van der Waals surface area (Å²) in [6.45, 7) is 0. The van der Waals surface area contributed by atoms with Crippen molar-refractivity contribution >= 4 is 17.0 Å². The standard InChI is InChI=1S/C10H13NO.BrH/c11-8-5-4-7-2-1-3-10(12)9(7)6-8;/h1-3,8,12H,4-6,11H2;1H. The van der Waals surface area contributed by atoms with Gasteiger partial charge in [-0.2, -0.15) is 0 Å². The highest BCUT2D eigenvalue weighted by Gasteiger charge is 2.17. The van der Waals surface area contributed by atoms with E-state index < -0.39 is 0 Å². The van der Waals surface area contributed by atoms with E-state index in [1.807, 2.05) is 6.07 Å². The van der Waals surface area contributed by atoms with Gasteiger partial charge in [-0.1, -0.05) is 12.1 Å². The molecule has 1 aliphatic carbocycles. The highest BCUT2D eigenvalue weighted by atomic mass is 79.9. The number of halogens is 1. The van der Waals surface area contributed by atoms with E-state index in [4.69, 9.17) is 5.73 Å². The number of hydrogen-bond donors (Lipinski definition) is 2. The monoisotopic (exact) mass is 243 g/mol. The molecule has 0 aromatic heterocycles. The molecule has 13 heavy (non-hydrogen) atoms. The minimum absolute atomic E-state index is 0. The molecule has 72 valence electrons. The first-order valence-electron chi connectivity index (χ1n) is 4.32. The summed E-state index contributed by atoms with van der Waals surface area (Å²) in [5.74, 6) is 0.405. The van der Waals surface area contributed by atoms with Crippen molar-refractivity contribution in [3.05, 3.63) is 29.3 Å². The van der Waals surface area contributed by atoms with Crippen LogP contribution in [0, 0.1) is 0 Å². The highest BCUT2D eigenvalue weighted by molar-refractivity contribution is 8.93. The second kappa shape index (κ2) is 4.11. The first kappa shape index (κ1) is 10.5. The summed E-state index contributed by atoms with van der Waals surface area (Å²) in [5, 5.41) is 9.52. The van der Waals surface area contributed by atoms with Crippen LogP contribution in [0.15, 0.2) is 18.2 Å². The van der Waals surface area contributed by atoms with Crippen molar-refractivity contribution in [3.63, 3.8) is 0 Å². The van der Waals surface area contributed by atoms with E-state index in [1.54, 1.807) is 6.07 Å². The summed E-state index contributed by atoms with van der Waals surface area (Å²) >= 11 is 0. The average Bonchev–Trinajstić information content (AvgIpc) is 2.07. The van der Waals surface area contributed by atoms with Gasteiger partial charge < -0.3 is 10.8 Å². The largest absolute Gasteiger partial charge is 0.508 e. The van der Waals surface area contributed by atoms with E-state index in [-0.39, 0.29) is 23.0 Å². The summed E-state index contributed by atoms with van der Waals surface area (Å²) in [6, 6.07) is 5.92. The Hall–Kier alpha value is -0.540. The molecule has 0 saturated heterocycles. The summed E-state index contributed by atoms with van der Waals surface area (Å²) in [4.78, 5) is 0. The third-order valence-electron chi connectivity index (χ3n) is 2.50. The number of hydrogen-bond acceptors (Lipinski definition) is 2. The fourth-order valence-corrected chi connectivity index (χ4v) is 1.80. The third-order valence-corrected chi connectivity index (χ3v) is 2.50. The van der Waals surface area contributed by atoms with Gasteiger partial charge in [0.15, 0.2) is 0 Å². The average molecular weight is 244 g/mol. The predicted molar refractivity (Wildman–Crippen MR) is 58.4 cm³/mol. The molecule has 1 aromatic carbocycles. The number of aryl methyl sites for hydroxylation is 1. The Morgan fingerprint density at radius 1 is 1.38 bits per heavy atom. The van der Waals surface area contributed by atoms with E-state index in [2.05, 4.69) is 6.07 Å². The van der Waals surface area contributed by atoms with Crippen LogP contribution in [0.5, 0.6) is 5.75 Å². The summed E-state index contributed by atoms with van der Waals surface area (Å²) in [7, 11) is 0. The third kappa shape index (κ3) is 2.03. The number of rotatable bonds is 0. The molecule has 1 unspecified atom stereocenters. The van der Waals surface area contributed by atoms with Crippen molar-refractivity contribution in [2.24, 2.45) is 5.73 Å². The van der Waals surface area contributed by atoms with Crippen LogP contribution in [0.2, 0.25) is 0 Å². The SMILES string of the molecule is Br.NC1CCc2cccc(O)c2C1. The minimum Gasteiger partial charge on any atom is -0.508 e. The van der Waals surface area contributed by atoms with Crippen LogP contribution < -0.4 is 5.73 Å². The normalized spacial score (nSPS) is 20.2. The number of nitrogens with two attached hydrogens (primary N) is 1. The maximum absolute atomic E-state index is 9.52. The molecular weight excluding hydrogens is 230 g/mol. The maximum atomic E-state index is 9.52. The Kier molecular flexibility index (Phi) is 3.33. The number of phenolic OH excluding ortho intramolecular Hbond substituents is 1. The molecule has 1 aliphatic rings. The van der Waals surface area contributed by atoms with Gasteiger partial charge >= 0.3 is 0 Å². The molecule has 1 atom stereocenters. The van der Waals surface area contributed by atoms with Crippen LogP contribution in [0.3, 0.4) is 0 Å². The molecule has 2 rings (SSSR count). The Labute approximate surface area is 88.5 Å². The molecule has 0 amide bonds. The Morgan fingerprint density at radius 3 is 2.92 bits per heavy atom. The lowest BCUT2D eigenvalue weighted by molar-refractivity contribution is 0.455. The molecule has 3 heteroatoms. The van der Waals surface area contributed by atoms with Crippen LogP contribution >= 0.6 is 17.0 Å². The second-order valence-electron chi connectivity index (χ2n) is 3.42. The molecule has 0 saturated carbocycles. The fraction of sp³-hybridized carbons (Fsp3) is 0.400. The van der Waals surface area contributed by atoms with E-state index >= 15 is 0 Å². The van der Waals surface area contributed by atoms with E-state index in [0.717, 1.165) is 24.8 Å². The molecule has 0 fully saturated rings. The van der Waals surface area contributed by atoms with Gasteiger partial charge in [0.25, 0.3) is 0 Å². The quantitative estimate of drug-likeness (QED) is 0.730. The maximum Gasteiger partial charge on any atom is 0.119 e. The van der Waals surface area contributed by atoms with E-state index in [0.29, 0.717) is 5.75 Å². The Morgan fingerprint density at radius 2 is 2.15 bits per heavy atom. The van der Waals surface area contributed by atoms with Gasteiger partial charge in [0.2, 0.25) is 0 Å². The first-order chi connectivity index (χ1) is 5.77. The van der Waals surface area contributed by atoms with Crippen LogP contribution in [-0.4, -0.2) is 11.1 Å². The van der Waals surface area contributed by atoms with Crippen molar-refractivity contribution < 1.29 is 5.11 Å². The topological polar surface area (TPSA) is 46.2 Å². The second-order valence-corrected chi connectivity index (χ2v) is 3.42. The Balaban J connectivity index is 0.000000845. The molecule has 0 bridgehead atoms. The number of aromatic hydroxyl groups is 1. The lowest BCUT2D eigenvalue weighted by Gasteiger charge is -2.21. The molecule has 3 N–H and O–H groups in total. The Bertz CT molecular complexity index is 301. The van der Waals surface area contributed by atoms with Gasteiger partial charge in [-0.25, -0.2) is 0 Å². The number of phenols is 1. The molecule has 0 heterocycles. The lowest BCUT2D eigenvalue weighted by atomic mass is 9.88. The summed E-state index contributed by atoms with van der Waals surface area (Å²) < 4.78 is 0. The summed E-state index contributed by atoms with van der Waals surface area (Å²) in [5.41, 5.74) is 8.12. The molecule has 2 nitrogen and oxygen atoms in total. The molecule has 0 radical (unpaired) electrons. The molecular formula is C10H14BrNO. The molecule has 0 spiro atoms. The number of benzene rings is 1. The van der Waals surface area contributed by atoms with Crippen molar-refractivity contribution in [2.75, 3.05) is 0 Å². The zero-order valence-electron chi connectivity index (χ0n) is 7.36. The van der Waals surface area contributed by atoms with E-state index in [1.165, 1.54) is 5.56 Å². The summed E-state index contributed by atoms with van der Waals surface area (Å²) in [6.07, 6.45) is 2.86. The van der Waals surface area contributed by atoms with Gasteiger partial charge in [0, 0.05) is 6.04 Å². The van der Waals surface area contributed by atoms with Crippen molar-refractivity contribution in [1.29, 1.82) is 0 Å². The molecule has 1 aromatic rings. The van der Waals surface area contributed by atoms with Gasteiger partial charge in [-0.05, 0) is 36.5 Å².